The number of nitrogens with one attached hydrogen (secondary N) is 1. The minimum Gasteiger partial charge on any atom is -0.476 e. The molecule has 4 nitrogen and oxygen atoms in total. The predicted molar refractivity (Wildman–Crippen MR) is 85.8 cm³/mol. The van der Waals surface area contributed by atoms with Crippen molar-refractivity contribution in [3.05, 3.63) is 33.5 Å². The number of hydrogen-bond acceptors (Lipinski definition) is 5. The summed E-state index contributed by atoms with van der Waals surface area (Å²) in [6.45, 7) is 4.71. The fourth-order valence-corrected chi connectivity index (χ4v) is 2.76. The summed E-state index contributed by atoms with van der Waals surface area (Å²) in [5.41, 5.74) is 6.40. The van der Waals surface area contributed by atoms with Crippen LogP contribution in [-0.2, 0) is 0 Å². The zero-order valence-electron chi connectivity index (χ0n) is 11.5. The Hall–Kier alpha value is -1.46. The van der Waals surface area contributed by atoms with Crippen molar-refractivity contribution in [3.63, 3.8) is 0 Å². The van der Waals surface area contributed by atoms with Crippen molar-refractivity contribution < 1.29 is 4.74 Å². The lowest BCUT2D eigenvalue weighted by Gasteiger charge is -2.14. The third-order valence-electron chi connectivity index (χ3n) is 2.72. The molecule has 0 aliphatic heterocycles. The highest BCUT2D eigenvalue weighted by Crippen LogP contribution is 2.29. The highest BCUT2D eigenvalue weighted by Gasteiger charge is 2.10. The number of hydrogen-bond donors (Lipinski definition) is 2. The minimum atomic E-state index is 0.127. The molecule has 3 N–H and O–H groups in total. The molecule has 0 amide bonds. The monoisotopic (exact) mass is 311 g/mol. The van der Waals surface area contributed by atoms with Gasteiger partial charge in [-0.1, -0.05) is 18.5 Å². The number of nitrogens with two attached hydrogens (primary N) is 1. The molecule has 0 bridgehead atoms. The van der Waals surface area contributed by atoms with Crippen molar-refractivity contribution in [2.75, 3.05) is 17.7 Å². The van der Waals surface area contributed by atoms with E-state index in [-0.39, 0.29) is 6.04 Å². The van der Waals surface area contributed by atoms with Gasteiger partial charge in [-0.2, -0.15) is 4.98 Å². The van der Waals surface area contributed by atoms with E-state index in [0.29, 0.717) is 18.2 Å². The van der Waals surface area contributed by atoms with Gasteiger partial charge in [0.05, 0.1) is 22.7 Å². The molecular weight excluding hydrogens is 294 g/mol. The van der Waals surface area contributed by atoms with E-state index in [1.807, 2.05) is 25.1 Å². The van der Waals surface area contributed by atoms with Gasteiger partial charge < -0.3 is 15.8 Å². The number of nitrogens with zero attached hydrogens (tertiary/aromatic N) is 1. The van der Waals surface area contributed by atoms with Gasteiger partial charge >= 0.3 is 0 Å². The second kappa shape index (κ2) is 6.81. The Morgan fingerprint density at radius 1 is 1.40 bits per heavy atom. The van der Waals surface area contributed by atoms with Gasteiger partial charge in [0.25, 0.3) is 0 Å². The molecular formula is C14H18ClN3OS. The lowest BCUT2D eigenvalue weighted by Crippen LogP contribution is -2.08. The van der Waals surface area contributed by atoms with Gasteiger partial charge in [0.15, 0.2) is 0 Å². The Kier molecular flexibility index (Phi) is 5.09. The number of thiophene rings is 1. The molecule has 2 aromatic heterocycles. The summed E-state index contributed by atoms with van der Waals surface area (Å²) < 4.78 is 6.31. The average molecular weight is 312 g/mol. The van der Waals surface area contributed by atoms with Crippen LogP contribution in [0.4, 0.5) is 11.5 Å². The Morgan fingerprint density at radius 2 is 2.20 bits per heavy atom. The molecule has 2 aromatic rings. The molecule has 2 rings (SSSR count). The van der Waals surface area contributed by atoms with Crippen LogP contribution in [0.1, 0.15) is 31.2 Å². The molecule has 0 saturated heterocycles. The molecule has 6 heteroatoms. The van der Waals surface area contributed by atoms with Crippen molar-refractivity contribution in [1.29, 1.82) is 0 Å². The van der Waals surface area contributed by atoms with Crippen LogP contribution in [0.5, 0.6) is 5.88 Å². The van der Waals surface area contributed by atoms with Gasteiger partial charge in [0, 0.05) is 4.88 Å². The largest absolute Gasteiger partial charge is 0.476 e. The fraction of sp³-hybridized carbons (Fsp3) is 0.357. The Bertz CT molecular complexity index is 573. The second-order valence-corrected chi connectivity index (χ2v) is 6.19. The zero-order valence-corrected chi connectivity index (χ0v) is 13.1. The fourth-order valence-electron chi connectivity index (χ4n) is 1.70. The highest BCUT2D eigenvalue weighted by atomic mass is 35.5. The van der Waals surface area contributed by atoms with Gasteiger partial charge in [-0.25, -0.2) is 0 Å². The second-order valence-electron chi connectivity index (χ2n) is 4.45. The maximum absolute atomic E-state index is 5.95. The first-order valence-corrected chi connectivity index (χ1v) is 7.70. The van der Waals surface area contributed by atoms with Crippen LogP contribution in [0, 0.1) is 0 Å². The van der Waals surface area contributed by atoms with E-state index >= 15 is 0 Å². The summed E-state index contributed by atoms with van der Waals surface area (Å²) in [6, 6.07) is 7.68. The topological polar surface area (TPSA) is 60.2 Å². The number of rotatable bonds is 6. The highest BCUT2D eigenvalue weighted by molar-refractivity contribution is 7.16. The molecule has 0 saturated carbocycles. The van der Waals surface area contributed by atoms with E-state index in [0.717, 1.165) is 21.5 Å². The Morgan fingerprint density at radius 3 is 2.85 bits per heavy atom. The predicted octanol–water partition coefficient (Wildman–Crippen LogP) is 4.34. The molecule has 0 aromatic carbocycles. The number of aromatic nitrogens is 1. The van der Waals surface area contributed by atoms with Crippen LogP contribution >= 0.6 is 22.9 Å². The summed E-state index contributed by atoms with van der Waals surface area (Å²) in [7, 11) is 0. The van der Waals surface area contributed by atoms with Gasteiger partial charge in [-0.15, -0.1) is 11.3 Å². The van der Waals surface area contributed by atoms with Crippen molar-refractivity contribution >= 4 is 34.4 Å². The molecule has 20 heavy (non-hydrogen) atoms. The van der Waals surface area contributed by atoms with E-state index in [9.17, 15) is 0 Å². The first-order valence-electron chi connectivity index (χ1n) is 6.51. The van der Waals surface area contributed by atoms with E-state index < -0.39 is 0 Å². The third-order valence-corrected chi connectivity index (χ3v) is 4.13. The molecule has 1 unspecified atom stereocenters. The number of pyridine rings is 1. The normalized spacial score (nSPS) is 12.2. The van der Waals surface area contributed by atoms with Crippen LogP contribution in [0.15, 0.2) is 24.3 Å². The van der Waals surface area contributed by atoms with E-state index in [1.165, 1.54) is 0 Å². The van der Waals surface area contributed by atoms with Gasteiger partial charge in [-0.05, 0) is 37.6 Å². The van der Waals surface area contributed by atoms with E-state index in [1.54, 1.807) is 17.4 Å². The maximum Gasteiger partial charge on any atom is 0.239 e. The molecule has 0 aliphatic rings. The van der Waals surface area contributed by atoms with Crippen LogP contribution < -0.4 is 15.8 Å². The molecule has 0 aliphatic carbocycles. The molecule has 1 atom stereocenters. The van der Waals surface area contributed by atoms with Gasteiger partial charge in [0.1, 0.15) is 5.82 Å². The number of ether oxygens (including phenoxy) is 1. The maximum atomic E-state index is 5.95. The first-order chi connectivity index (χ1) is 9.60. The average Bonchev–Trinajstić information content (AvgIpc) is 2.86. The summed E-state index contributed by atoms with van der Waals surface area (Å²) in [5.74, 6) is 1.22. The number of halogens is 1. The van der Waals surface area contributed by atoms with Crippen molar-refractivity contribution in [2.45, 2.75) is 26.3 Å². The van der Waals surface area contributed by atoms with Crippen LogP contribution in [0.25, 0.3) is 0 Å². The van der Waals surface area contributed by atoms with Gasteiger partial charge in [-0.3, -0.25) is 0 Å². The summed E-state index contributed by atoms with van der Waals surface area (Å²) >= 11 is 7.50. The number of anilines is 2. The lowest BCUT2D eigenvalue weighted by atomic mass is 10.2. The molecule has 0 fully saturated rings. The smallest absolute Gasteiger partial charge is 0.239 e. The summed E-state index contributed by atoms with van der Waals surface area (Å²) in [6.07, 6.45) is 0.920. The van der Waals surface area contributed by atoms with Gasteiger partial charge in [0.2, 0.25) is 5.88 Å². The number of nitrogen functional groups attached to an aromatic ring is 1. The van der Waals surface area contributed by atoms with E-state index in [4.69, 9.17) is 22.1 Å². The molecule has 0 radical (unpaired) electrons. The first kappa shape index (κ1) is 14.9. The Labute approximate surface area is 127 Å². The quantitative estimate of drug-likeness (QED) is 0.833. The Balaban J connectivity index is 2.09. The van der Waals surface area contributed by atoms with Crippen LogP contribution in [0.3, 0.4) is 0 Å². The summed E-state index contributed by atoms with van der Waals surface area (Å²) in [4.78, 5) is 5.55. The van der Waals surface area contributed by atoms with Crippen molar-refractivity contribution in [3.8, 4) is 5.88 Å². The standard InChI is InChI=1S/C14H18ClN3OS/c1-3-8-19-14-10(16)4-7-13(18-14)17-9(2)11-5-6-12(15)20-11/h4-7,9H,3,8,16H2,1-2H3,(H,17,18). The lowest BCUT2D eigenvalue weighted by molar-refractivity contribution is 0.307. The van der Waals surface area contributed by atoms with Crippen LogP contribution in [-0.4, -0.2) is 11.6 Å². The third kappa shape index (κ3) is 3.77. The van der Waals surface area contributed by atoms with E-state index in [2.05, 4.69) is 17.2 Å². The zero-order chi connectivity index (χ0) is 14.5. The van der Waals surface area contributed by atoms with Crippen molar-refractivity contribution in [2.24, 2.45) is 0 Å². The molecule has 108 valence electrons. The minimum absolute atomic E-state index is 0.127. The molecule has 0 spiro atoms. The van der Waals surface area contributed by atoms with Crippen LogP contribution in [0.2, 0.25) is 4.34 Å². The van der Waals surface area contributed by atoms with Crippen molar-refractivity contribution in [1.82, 2.24) is 4.98 Å². The summed E-state index contributed by atoms with van der Waals surface area (Å²) in [5, 5.41) is 3.32. The molecule has 2 heterocycles. The SMILES string of the molecule is CCCOc1nc(NC(C)c2ccc(Cl)s2)ccc1N.